The van der Waals surface area contributed by atoms with Gasteiger partial charge in [0, 0.05) is 78.4 Å². The van der Waals surface area contributed by atoms with Crippen molar-refractivity contribution in [1.82, 2.24) is 4.98 Å². The Bertz CT molecular complexity index is 4100. The van der Waals surface area contributed by atoms with Gasteiger partial charge >= 0.3 is 0 Å². The van der Waals surface area contributed by atoms with Crippen LogP contribution in [0.2, 0.25) is 0 Å². The van der Waals surface area contributed by atoms with Crippen LogP contribution in [0.4, 0.5) is 0 Å². The Morgan fingerprint density at radius 1 is 0.292 bits per heavy atom. The molecule has 4 aromatic heterocycles. The van der Waals surface area contributed by atoms with Gasteiger partial charge in [0.1, 0.15) is 11.2 Å². The minimum atomic E-state index is 0.860. The Labute approximate surface area is 381 Å². The lowest BCUT2D eigenvalue weighted by molar-refractivity contribution is 0.669. The number of thiophene rings is 2. The highest BCUT2D eigenvalue weighted by atomic mass is 32.1. The zero-order chi connectivity index (χ0) is 42.6. The van der Waals surface area contributed by atoms with Crippen molar-refractivity contribution in [3.05, 3.63) is 212 Å². The van der Waals surface area contributed by atoms with Gasteiger partial charge in [-0.2, -0.15) is 0 Å². The number of rotatable bonds is 5. The summed E-state index contributed by atoms with van der Waals surface area (Å²) >= 11 is 3.72. The summed E-state index contributed by atoms with van der Waals surface area (Å²) < 4.78 is 11.9. The Morgan fingerprint density at radius 2 is 0.800 bits per heavy atom. The van der Waals surface area contributed by atoms with Gasteiger partial charge in [-0.3, -0.25) is 0 Å². The van der Waals surface area contributed by atoms with E-state index >= 15 is 0 Å². The van der Waals surface area contributed by atoms with Crippen LogP contribution in [0.3, 0.4) is 0 Å². The van der Waals surface area contributed by atoms with Crippen molar-refractivity contribution in [3.8, 4) is 55.8 Å². The summed E-state index contributed by atoms with van der Waals surface area (Å²) in [5.74, 6) is 0. The Morgan fingerprint density at radius 3 is 1.46 bits per heavy atom. The molecule has 0 spiro atoms. The number of para-hydroxylation sites is 2. The third-order valence-corrected chi connectivity index (χ3v) is 15.5. The maximum atomic E-state index is 6.65. The van der Waals surface area contributed by atoms with E-state index in [0.29, 0.717) is 0 Å². The van der Waals surface area contributed by atoms with E-state index < -0.39 is 0 Å². The number of aromatic nitrogens is 1. The summed E-state index contributed by atoms with van der Waals surface area (Å²) in [6.07, 6.45) is 0. The third-order valence-electron chi connectivity index (χ3n) is 13.2. The topological polar surface area (TPSA) is 26.0 Å². The van der Waals surface area contributed by atoms with Crippen LogP contribution in [0.25, 0.3) is 140 Å². The maximum Gasteiger partial charge on any atom is 0.136 e. The standard InChI is InChI=1S/C61H35NOS2/c1-2-12-37(13-3-1)58-59-46-16-4-8-18-51(46)62-61(50(59)35-53-60(58)47-17-5-9-19-52(47)63-53)38-24-22-36(23-25-38)41-30-42(39-26-28-56-48(33-39)44-14-6-10-20-54(44)64-56)32-43(31-41)40-27-29-57-49(34-40)45-15-7-11-21-55(45)65-57/h1-35H. The van der Waals surface area contributed by atoms with E-state index in [9.17, 15) is 0 Å². The molecule has 0 atom stereocenters. The predicted octanol–water partition coefficient (Wildman–Crippen LogP) is 18.4. The van der Waals surface area contributed by atoms with Crippen molar-refractivity contribution in [1.29, 1.82) is 0 Å². The van der Waals surface area contributed by atoms with E-state index in [0.717, 1.165) is 60.6 Å². The van der Waals surface area contributed by atoms with E-state index in [-0.39, 0.29) is 0 Å². The molecule has 0 saturated carbocycles. The molecule has 14 rings (SSSR count). The van der Waals surface area contributed by atoms with Crippen molar-refractivity contribution in [3.63, 3.8) is 0 Å². The van der Waals surface area contributed by atoms with E-state index in [1.54, 1.807) is 0 Å². The Kier molecular flexibility index (Phi) is 8.06. The molecule has 0 aliphatic rings. The van der Waals surface area contributed by atoms with Gasteiger partial charge in [-0.05, 0) is 112 Å². The fraction of sp³-hybridized carbons (Fsp3) is 0. The number of benzene rings is 10. The van der Waals surface area contributed by atoms with E-state index in [4.69, 9.17) is 9.40 Å². The highest BCUT2D eigenvalue weighted by molar-refractivity contribution is 7.26. The van der Waals surface area contributed by atoms with Crippen LogP contribution in [0.5, 0.6) is 0 Å². The Balaban J connectivity index is 0.964. The van der Waals surface area contributed by atoms with E-state index in [1.807, 2.05) is 28.7 Å². The average molecular weight is 862 g/mol. The number of fused-ring (bicyclic) bond motifs is 12. The molecule has 0 bridgehead atoms. The second-order valence-corrected chi connectivity index (χ2v) is 19.2. The molecule has 0 fully saturated rings. The molecule has 14 aromatic rings. The highest BCUT2D eigenvalue weighted by Gasteiger charge is 2.22. The summed E-state index contributed by atoms with van der Waals surface area (Å²) in [4.78, 5) is 5.42. The fourth-order valence-corrected chi connectivity index (χ4v) is 12.4. The lowest BCUT2D eigenvalue weighted by Crippen LogP contribution is -1.93. The molecule has 4 heteroatoms. The highest BCUT2D eigenvalue weighted by Crippen LogP contribution is 2.47. The first-order valence-corrected chi connectivity index (χ1v) is 23.6. The van der Waals surface area contributed by atoms with Crippen molar-refractivity contribution in [2.75, 3.05) is 0 Å². The van der Waals surface area contributed by atoms with Gasteiger partial charge < -0.3 is 4.42 Å². The SMILES string of the molecule is c1ccc(-c2c3c(cc4c(-c5ccc(-c6cc(-c7ccc8sc9ccccc9c8c7)cc(-c7ccc8sc9ccccc9c8c7)c6)cc5)nc5ccccc5c24)oc2ccccc23)cc1. The van der Waals surface area contributed by atoms with Gasteiger partial charge in [0.2, 0.25) is 0 Å². The first-order chi connectivity index (χ1) is 32.2. The summed E-state index contributed by atoms with van der Waals surface area (Å²) in [6, 6.07) is 77.5. The van der Waals surface area contributed by atoms with Gasteiger partial charge in [0.25, 0.3) is 0 Å². The summed E-state index contributed by atoms with van der Waals surface area (Å²) in [5.41, 5.74) is 14.1. The monoisotopic (exact) mass is 861 g/mol. The minimum Gasteiger partial charge on any atom is -0.456 e. The molecular weight excluding hydrogens is 827 g/mol. The smallest absolute Gasteiger partial charge is 0.136 e. The lowest BCUT2D eigenvalue weighted by Gasteiger charge is -2.16. The van der Waals surface area contributed by atoms with Crippen LogP contribution < -0.4 is 0 Å². The molecule has 0 aliphatic carbocycles. The lowest BCUT2D eigenvalue weighted by atomic mass is 9.89. The summed E-state index contributed by atoms with van der Waals surface area (Å²) in [6.45, 7) is 0. The average Bonchev–Trinajstić information content (AvgIpc) is 4.06. The van der Waals surface area contributed by atoms with E-state index in [1.165, 1.54) is 79.1 Å². The summed E-state index contributed by atoms with van der Waals surface area (Å²) in [5, 5.41) is 10.8. The predicted molar refractivity (Wildman–Crippen MR) is 279 cm³/mol. The van der Waals surface area contributed by atoms with Gasteiger partial charge in [0.15, 0.2) is 0 Å². The van der Waals surface area contributed by atoms with Crippen molar-refractivity contribution >= 4 is 107 Å². The third kappa shape index (κ3) is 5.81. The number of hydrogen-bond acceptors (Lipinski definition) is 4. The van der Waals surface area contributed by atoms with Crippen LogP contribution >= 0.6 is 22.7 Å². The normalized spacial score (nSPS) is 12.0. The maximum absolute atomic E-state index is 6.65. The molecule has 0 aliphatic heterocycles. The molecule has 4 heterocycles. The second-order valence-electron chi connectivity index (χ2n) is 17.0. The quantitative estimate of drug-likeness (QED) is 0.161. The largest absolute Gasteiger partial charge is 0.456 e. The molecule has 2 nitrogen and oxygen atoms in total. The summed E-state index contributed by atoms with van der Waals surface area (Å²) in [7, 11) is 0. The van der Waals surface area contributed by atoms with Crippen LogP contribution in [-0.2, 0) is 0 Å². The fourth-order valence-electron chi connectivity index (χ4n) is 10.2. The zero-order valence-corrected chi connectivity index (χ0v) is 36.5. The van der Waals surface area contributed by atoms with Gasteiger partial charge in [0.05, 0.1) is 11.2 Å². The Hall–Kier alpha value is -7.89. The number of furan rings is 1. The number of hydrogen-bond donors (Lipinski definition) is 0. The van der Waals surface area contributed by atoms with E-state index in [2.05, 4.69) is 206 Å². The first kappa shape index (κ1) is 36.6. The molecule has 10 aromatic carbocycles. The van der Waals surface area contributed by atoms with Crippen LogP contribution in [0, 0.1) is 0 Å². The first-order valence-electron chi connectivity index (χ1n) is 22.0. The molecule has 0 amide bonds. The molecule has 0 unspecified atom stereocenters. The molecule has 0 N–H and O–H groups in total. The van der Waals surface area contributed by atoms with Crippen molar-refractivity contribution in [2.45, 2.75) is 0 Å². The van der Waals surface area contributed by atoms with Gasteiger partial charge in [-0.1, -0.05) is 140 Å². The van der Waals surface area contributed by atoms with Crippen molar-refractivity contribution < 1.29 is 4.42 Å². The van der Waals surface area contributed by atoms with Crippen LogP contribution in [-0.4, -0.2) is 4.98 Å². The minimum absolute atomic E-state index is 0.860. The number of pyridine rings is 1. The molecule has 0 radical (unpaired) electrons. The molecule has 0 saturated heterocycles. The second kappa shape index (κ2) is 14.3. The molecule has 302 valence electrons. The van der Waals surface area contributed by atoms with Gasteiger partial charge in [-0.15, -0.1) is 22.7 Å². The van der Waals surface area contributed by atoms with Crippen LogP contribution in [0.15, 0.2) is 217 Å². The zero-order valence-electron chi connectivity index (χ0n) is 34.9. The molecular formula is C61H35NOS2. The number of nitrogens with zero attached hydrogens (tertiary/aromatic N) is 1. The van der Waals surface area contributed by atoms with Crippen molar-refractivity contribution in [2.24, 2.45) is 0 Å². The molecule has 65 heavy (non-hydrogen) atoms. The van der Waals surface area contributed by atoms with Crippen LogP contribution in [0.1, 0.15) is 0 Å². The van der Waals surface area contributed by atoms with Gasteiger partial charge in [-0.25, -0.2) is 4.98 Å².